The molecule has 1 aromatic rings. The van der Waals surface area contributed by atoms with Gasteiger partial charge in [-0.2, -0.15) is 13.2 Å². The molecule has 1 aliphatic carbocycles. The Balaban J connectivity index is 1.44. The van der Waals surface area contributed by atoms with Gasteiger partial charge in [-0.25, -0.2) is 5.43 Å². The zero-order chi connectivity index (χ0) is 23.4. The fourth-order valence-corrected chi connectivity index (χ4v) is 4.64. The summed E-state index contributed by atoms with van der Waals surface area (Å²) in [6.07, 6.45) is 2.45. The van der Waals surface area contributed by atoms with E-state index in [-0.39, 0.29) is 12.5 Å². The van der Waals surface area contributed by atoms with Crippen molar-refractivity contribution in [3.63, 3.8) is 0 Å². The van der Waals surface area contributed by atoms with Gasteiger partial charge in [0.1, 0.15) is 5.54 Å². The van der Waals surface area contributed by atoms with Crippen LogP contribution in [0.25, 0.3) is 0 Å². The predicted molar refractivity (Wildman–Crippen MR) is 115 cm³/mol. The second-order valence-corrected chi connectivity index (χ2v) is 8.30. The molecule has 1 aromatic carbocycles. The highest BCUT2D eigenvalue weighted by atomic mass is 19.4. The number of carbonyl (C=O) groups is 1. The van der Waals surface area contributed by atoms with Crippen molar-refractivity contribution in [1.29, 1.82) is 0 Å². The lowest BCUT2D eigenvalue weighted by Gasteiger charge is -2.38. The highest BCUT2D eigenvalue weighted by Crippen LogP contribution is 2.38. The first-order chi connectivity index (χ1) is 15.7. The fraction of sp³-hybridized carbons (Fsp3) is 0.304. The summed E-state index contributed by atoms with van der Waals surface area (Å²) >= 11 is 0. The number of hydrogen-bond donors (Lipinski definition) is 3. The molecule has 4 aliphatic rings. The van der Waals surface area contributed by atoms with E-state index in [0.717, 1.165) is 23.4 Å². The molecule has 0 saturated carbocycles. The number of ether oxygens (including phenoxy) is 1. The maximum Gasteiger partial charge on any atom is 0.416 e. The summed E-state index contributed by atoms with van der Waals surface area (Å²) in [7, 11) is 0. The van der Waals surface area contributed by atoms with Crippen LogP contribution in [-0.2, 0) is 15.7 Å². The van der Waals surface area contributed by atoms with Crippen LogP contribution in [-0.4, -0.2) is 41.8 Å². The van der Waals surface area contributed by atoms with E-state index in [1.807, 2.05) is 13.0 Å². The first kappa shape index (κ1) is 21.5. The van der Waals surface area contributed by atoms with Gasteiger partial charge in [0.15, 0.2) is 0 Å². The average Bonchev–Trinajstić information content (AvgIpc) is 3.15. The number of rotatable bonds is 2. The van der Waals surface area contributed by atoms with Crippen molar-refractivity contribution in [3.8, 4) is 0 Å². The summed E-state index contributed by atoms with van der Waals surface area (Å²) in [5.74, 6) is -0.243. The van der Waals surface area contributed by atoms with E-state index in [9.17, 15) is 18.0 Å². The molecule has 0 bridgehead atoms. The Morgan fingerprint density at radius 3 is 2.79 bits per heavy atom. The van der Waals surface area contributed by atoms with Crippen molar-refractivity contribution < 1.29 is 22.7 Å². The normalized spacial score (nSPS) is 26.7. The molecule has 7 nitrogen and oxygen atoms in total. The lowest BCUT2D eigenvalue weighted by atomic mass is 9.78. The van der Waals surface area contributed by atoms with Gasteiger partial charge in [0, 0.05) is 23.4 Å². The van der Waals surface area contributed by atoms with Crippen LogP contribution in [0.15, 0.2) is 76.2 Å². The summed E-state index contributed by atoms with van der Waals surface area (Å²) in [4.78, 5) is 19.6. The number of hydrogen-bond acceptors (Lipinski definition) is 6. The van der Waals surface area contributed by atoms with E-state index < -0.39 is 23.3 Å². The van der Waals surface area contributed by atoms with Crippen molar-refractivity contribution >= 4 is 11.6 Å². The highest BCUT2D eigenvalue weighted by Gasteiger charge is 2.46. The second-order valence-electron chi connectivity index (χ2n) is 8.30. The maximum absolute atomic E-state index is 13.5. The van der Waals surface area contributed by atoms with Gasteiger partial charge in [-0.1, -0.05) is 24.3 Å². The zero-order valence-electron chi connectivity index (χ0n) is 17.7. The largest absolute Gasteiger partial charge is 0.416 e. The van der Waals surface area contributed by atoms with Crippen LogP contribution in [0.4, 0.5) is 13.2 Å². The smallest absolute Gasteiger partial charge is 0.397 e. The number of morpholine rings is 1. The standard InChI is InChI=1S/C23H22F3N5O2/c1-13-20-17(27)11-28-19-10-15(6-7-22(19,20)30-29-13)21(32)31-8-9-33-12-18(31)14-2-4-16(5-3-14)23(24,25)26/h2-7,10-11,18,29-30H,8-9,12,27H2,1H3/t18-,22?/m1/s1. The SMILES string of the molecule is CC1=C2C(N)=CN=C3C=C(C(=O)N4CCOC[C@@H]4c4ccc(C(F)(F)F)cc4)C=CC32NN1. The first-order valence-corrected chi connectivity index (χ1v) is 10.5. The molecule has 172 valence electrons. The van der Waals surface area contributed by atoms with E-state index in [4.69, 9.17) is 10.5 Å². The zero-order valence-corrected chi connectivity index (χ0v) is 17.7. The Hall–Kier alpha value is -3.37. The molecule has 2 atom stereocenters. The Morgan fingerprint density at radius 2 is 2.06 bits per heavy atom. The third-order valence-electron chi connectivity index (χ3n) is 6.32. The topological polar surface area (TPSA) is 92.0 Å². The summed E-state index contributed by atoms with van der Waals surface area (Å²) in [5.41, 5.74) is 14.9. The van der Waals surface area contributed by atoms with E-state index >= 15 is 0 Å². The first-order valence-electron chi connectivity index (χ1n) is 10.5. The monoisotopic (exact) mass is 457 g/mol. The predicted octanol–water partition coefficient (Wildman–Crippen LogP) is 2.48. The Labute approximate surface area is 188 Å². The minimum atomic E-state index is -4.42. The number of benzene rings is 1. The van der Waals surface area contributed by atoms with Crippen LogP contribution in [0.1, 0.15) is 24.1 Å². The highest BCUT2D eigenvalue weighted by molar-refractivity contribution is 6.15. The number of nitrogens with zero attached hydrogens (tertiary/aromatic N) is 2. The number of alkyl halides is 3. The number of allylic oxidation sites excluding steroid dienone is 1. The van der Waals surface area contributed by atoms with Crippen molar-refractivity contribution in [2.45, 2.75) is 24.7 Å². The Kier molecular flexibility index (Phi) is 4.95. The van der Waals surface area contributed by atoms with Crippen LogP contribution < -0.4 is 16.6 Å². The number of nitrogens with one attached hydrogen (secondary N) is 2. The molecule has 1 fully saturated rings. The van der Waals surface area contributed by atoms with Crippen LogP contribution in [0.3, 0.4) is 0 Å². The third-order valence-corrected chi connectivity index (χ3v) is 6.32. The number of halogens is 3. The second kappa shape index (κ2) is 7.60. The molecule has 1 unspecified atom stereocenters. The number of aliphatic imine (C=N–C) groups is 1. The summed E-state index contributed by atoms with van der Waals surface area (Å²) in [6, 6.07) is 4.36. The summed E-state index contributed by atoms with van der Waals surface area (Å²) in [5, 5.41) is 0. The van der Waals surface area contributed by atoms with Gasteiger partial charge in [-0.15, -0.1) is 0 Å². The van der Waals surface area contributed by atoms with Gasteiger partial charge in [-0.05, 0) is 30.7 Å². The van der Waals surface area contributed by atoms with Crippen molar-refractivity contribution in [2.75, 3.05) is 19.8 Å². The van der Waals surface area contributed by atoms with Gasteiger partial charge in [0.25, 0.3) is 5.91 Å². The van der Waals surface area contributed by atoms with E-state index in [2.05, 4.69) is 15.8 Å². The molecule has 10 heteroatoms. The van der Waals surface area contributed by atoms with Crippen molar-refractivity contribution in [1.82, 2.24) is 15.8 Å². The Bertz CT molecular complexity index is 1160. The average molecular weight is 457 g/mol. The summed E-state index contributed by atoms with van der Waals surface area (Å²) in [6.45, 7) is 2.78. The lowest BCUT2D eigenvalue weighted by Crippen LogP contribution is -2.54. The molecule has 0 radical (unpaired) electrons. The number of hydrazine groups is 1. The quantitative estimate of drug-likeness (QED) is 0.635. The number of carbonyl (C=O) groups excluding carboxylic acids is 1. The molecular formula is C23H22F3N5O2. The molecule has 1 amide bonds. The van der Waals surface area contributed by atoms with Crippen LogP contribution in [0, 0.1) is 0 Å². The Morgan fingerprint density at radius 1 is 1.30 bits per heavy atom. The van der Waals surface area contributed by atoms with Gasteiger partial charge >= 0.3 is 6.18 Å². The molecule has 3 heterocycles. The molecule has 5 rings (SSSR count). The molecule has 3 aliphatic heterocycles. The van der Waals surface area contributed by atoms with Gasteiger partial charge in [0.2, 0.25) is 0 Å². The molecule has 4 N–H and O–H groups in total. The number of nitrogens with two attached hydrogens (primary N) is 1. The lowest BCUT2D eigenvalue weighted by molar-refractivity contribution is -0.138. The minimum absolute atomic E-state index is 0.204. The van der Waals surface area contributed by atoms with E-state index in [1.54, 1.807) is 23.3 Å². The molecule has 33 heavy (non-hydrogen) atoms. The van der Waals surface area contributed by atoms with Crippen molar-refractivity contribution in [3.05, 3.63) is 82.4 Å². The molecular weight excluding hydrogens is 435 g/mol. The molecule has 0 aromatic heterocycles. The number of amides is 1. The van der Waals surface area contributed by atoms with Gasteiger partial charge in [-0.3, -0.25) is 9.79 Å². The van der Waals surface area contributed by atoms with Crippen LogP contribution in [0.5, 0.6) is 0 Å². The summed E-state index contributed by atoms with van der Waals surface area (Å²) < 4.78 is 44.4. The molecule has 1 saturated heterocycles. The van der Waals surface area contributed by atoms with E-state index in [0.29, 0.717) is 35.7 Å². The van der Waals surface area contributed by atoms with Crippen LogP contribution in [0.2, 0.25) is 0 Å². The van der Waals surface area contributed by atoms with Gasteiger partial charge < -0.3 is 20.8 Å². The van der Waals surface area contributed by atoms with Crippen LogP contribution >= 0.6 is 0 Å². The van der Waals surface area contributed by atoms with E-state index in [1.165, 1.54) is 12.1 Å². The fourth-order valence-electron chi connectivity index (χ4n) is 4.64. The van der Waals surface area contributed by atoms with Gasteiger partial charge in [0.05, 0.1) is 42.4 Å². The van der Waals surface area contributed by atoms with Crippen molar-refractivity contribution in [2.24, 2.45) is 10.7 Å². The maximum atomic E-state index is 13.5. The third kappa shape index (κ3) is 3.46. The molecule has 1 spiro atoms. The minimum Gasteiger partial charge on any atom is -0.397 e.